The predicted octanol–water partition coefficient (Wildman–Crippen LogP) is 4.41. The number of aromatic amines is 1. The quantitative estimate of drug-likeness (QED) is 0.565. The standard InChI is InChI=1S/C20H15N3O2S/c1-2-10-21-14(6-1)18-19(15-7-5-13-26-15)25-20(23-18,16-8-3-11-22-16)17-9-4-12-24-17/h1-13,22-23H. The van der Waals surface area contributed by atoms with Crippen molar-refractivity contribution in [2.75, 3.05) is 0 Å². The molecule has 0 bridgehead atoms. The number of thiophene rings is 1. The smallest absolute Gasteiger partial charge is 0.280 e. The number of nitrogens with one attached hydrogen (secondary N) is 2. The van der Waals surface area contributed by atoms with E-state index in [1.54, 1.807) is 23.8 Å². The molecule has 4 aromatic heterocycles. The molecule has 6 heteroatoms. The number of hydrogen-bond acceptors (Lipinski definition) is 5. The number of ether oxygens (including phenoxy) is 1. The third-order valence-electron chi connectivity index (χ3n) is 4.29. The zero-order chi connectivity index (χ0) is 17.4. The molecule has 1 aliphatic heterocycles. The topological polar surface area (TPSA) is 63.1 Å². The Balaban J connectivity index is 1.70. The summed E-state index contributed by atoms with van der Waals surface area (Å²) in [6.07, 6.45) is 5.29. The summed E-state index contributed by atoms with van der Waals surface area (Å²) in [4.78, 5) is 8.79. The van der Waals surface area contributed by atoms with Gasteiger partial charge in [0, 0.05) is 12.4 Å². The molecule has 0 saturated carbocycles. The maximum absolute atomic E-state index is 6.56. The van der Waals surface area contributed by atoms with Crippen molar-refractivity contribution >= 4 is 22.8 Å². The third-order valence-corrected chi connectivity index (χ3v) is 5.16. The Labute approximate surface area is 154 Å². The molecule has 5 nitrogen and oxygen atoms in total. The van der Waals surface area contributed by atoms with Crippen LogP contribution in [-0.2, 0) is 10.5 Å². The molecule has 2 N–H and O–H groups in total. The summed E-state index contributed by atoms with van der Waals surface area (Å²) in [7, 11) is 0. The first-order valence-electron chi connectivity index (χ1n) is 8.21. The van der Waals surface area contributed by atoms with Gasteiger partial charge in [0.25, 0.3) is 5.72 Å². The van der Waals surface area contributed by atoms with Gasteiger partial charge in [-0.3, -0.25) is 4.98 Å². The third kappa shape index (κ3) is 2.27. The van der Waals surface area contributed by atoms with Crippen LogP contribution in [0.5, 0.6) is 0 Å². The van der Waals surface area contributed by atoms with Gasteiger partial charge in [-0.15, -0.1) is 11.3 Å². The van der Waals surface area contributed by atoms with Gasteiger partial charge in [-0.05, 0) is 47.8 Å². The minimum absolute atomic E-state index is 0.667. The second kappa shape index (κ2) is 5.93. The Morgan fingerprint density at radius 3 is 2.69 bits per heavy atom. The first-order valence-corrected chi connectivity index (χ1v) is 9.09. The molecule has 0 aromatic carbocycles. The van der Waals surface area contributed by atoms with Crippen LogP contribution in [0.3, 0.4) is 0 Å². The summed E-state index contributed by atoms with van der Waals surface area (Å²) in [5.41, 5.74) is 1.53. The fourth-order valence-electron chi connectivity index (χ4n) is 3.13. The number of hydrogen-bond donors (Lipinski definition) is 2. The highest BCUT2D eigenvalue weighted by molar-refractivity contribution is 7.11. The molecule has 128 valence electrons. The van der Waals surface area contributed by atoms with Crippen LogP contribution in [0.2, 0.25) is 0 Å². The first-order chi connectivity index (χ1) is 12.9. The highest BCUT2D eigenvalue weighted by atomic mass is 32.1. The second-order valence-corrected chi connectivity index (χ2v) is 6.81. The van der Waals surface area contributed by atoms with E-state index in [0.29, 0.717) is 5.76 Å². The van der Waals surface area contributed by atoms with E-state index in [1.807, 2.05) is 66.2 Å². The molecular formula is C20H15N3O2S. The van der Waals surface area contributed by atoms with Crippen LogP contribution in [0.25, 0.3) is 11.5 Å². The van der Waals surface area contributed by atoms with Crippen molar-refractivity contribution in [3.05, 3.63) is 101 Å². The van der Waals surface area contributed by atoms with E-state index in [0.717, 1.165) is 27.7 Å². The van der Waals surface area contributed by atoms with E-state index in [-0.39, 0.29) is 0 Å². The molecule has 1 aliphatic rings. The van der Waals surface area contributed by atoms with E-state index in [4.69, 9.17) is 9.15 Å². The van der Waals surface area contributed by atoms with Crippen molar-refractivity contribution in [3.8, 4) is 0 Å². The summed E-state index contributed by atoms with van der Waals surface area (Å²) in [6, 6.07) is 17.5. The van der Waals surface area contributed by atoms with Gasteiger partial charge in [0.05, 0.1) is 22.5 Å². The maximum Gasteiger partial charge on any atom is 0.280 e. The van der Waals surface area contributed by atoms with Crippen LogP contribution < -0.4 is 5.32 Å². The van der Waals surface area contributed by atoms with Crippen molar-refractivity contribution < 1.29 is 9.15 Å². The molecular weight excluding hydrogens is 346 g/mol. The lowest BCUT2D eigenvalue weighted by Gasteiger charge is -2.27. The van der Waals surface area contributed by atoms with E-state index in [1.165, 1.54) is 0 Å². The normalized spacial score (nSPS) is 19.4. The van der Waals surface area contributed by atoms with Crippen molar-refractivity contribution in [3.63, 3.8) is 0 Å². The second-order valence-electron chi connectivity index (χ2n) is 5.87. The molecule has 5 rings (SSSR count). The number of furan rings is 1. The molecule has 26 heavy (non-hydrogen) atoms. The molecule has 5 heterocycles. The summed E-state index contributed by atoms with van der Waals surface area (Å²) in [5.74, 6) is 1.42. The summed E-state index contributed by atoms with van der Waals surface area (Å²) in [6.45, 7) is 0. The van der Waals surface area contributed by atoms with Gasteiger partial charge >= 0.3 is 0 Å². The van der Waals surface area contributed by atoms with E-state index in [2.05, 4.69) is 15.3 Å². The average Bonchev–Trinajstić information content (AvgIpc) is 3.50. The number of aromatic nitrogens is 2. The van der Waals surface area contributed by atoms with Crippen LogP contribution in [0.4, 0.5) is 0 Å². The Hall–Kier alpha value is -3.25. The van der Waals surface area contributed by atoms with Crippen LogP contribution in [0.15, 0.2) is 83.1 Å². The number of pyridine rings is 1. The first kappa shape index (κ1) is 15.0. The van der Waals surface area contributed by atoms with Gasteiger partial charge in [-0.2, -0.15) is 0 Å². The predicted molar refractivity (Wildman–Crippen MR) is 99.9 cm³/mol. The zero-order valence-electron chi connectivity index (χ0n) is 13.7. The van der Waals surface area contributed by atoms with Gasteiger partial charge in [-0.25, -0.2) is 0 Å². The molecule has 0 radical (unpaired) electrons. The lowest BCUT2D eigenvalue weighted by atomic mass is 10.1. The summed E-state index contributed by atoms with van der Waals surface area (Å²) in [5, 5.41) is 5.57. The molecule has 4 aromatic rings. The van der Waals surface area contributed by atoms with Crippen molar-refractivity contribution in [1.29, 1.82) is 0 Å². The van der Waals surface area contributed by atoms with Gasteiger partial charge in [-0.1, -0.05) is 12.1 Å². The molecule has 0 saturated heterocycles. The lowest BCUT2D eigenvalue weighted by molar-refractivity contribution is 0.0525. The van der Waals surface area contributed by atoms with Crippen LogP contribution in [-0.4, -0.2) is 9.97 Å². The monoisotopic (exact) mass is 361 g/mol. The van der Waals surface area contributed by atoms with E-state index in [9.17, 15) is 0 Å². The SMILES string of the molecule is c1ccc(C2=C(c3cccs3)OC(c3ccc[nH]3)(c3ccco3)N2)nc1. The van der Waals surface area contributed by atoms with Gasteiger partial charge < -0.3 is 19.5 Å². The maximum atomic E-state index is 6.56. The van der Waals surface area contributed by atoms with Crippen LogP contribution in [0.1, 0.15) is 22.0 Å². The molecule has 1 atom stereocenters. The van der Waals surface area contributed by atoms with Crippen LogP contribution >= 0.6 is 11.3 Å². The molecule has 0 spiro atoms. The lowest BCUT2D eigenvalue weighted by Crippen LogP contribution is -2.40. The van der Waals surface area contributed by atoms with Crippen molar-refractivity contribution in [1.82, 2.24) is 15.3 Å². The Morgan fingerprint density at radius 1 is 1.00 bits per heavy atom. The molecule has 0 aliphatic carbocycles. The largest absolute Gasteiger partial charge is 0.463 e. The van der Waals surface area contributed by atoms with E-state index >= 15 is 0 Å². The van der Waals surface area contributed by atoms with Crippen molar-refractivity contribution in [2.45, 2.75) is 5.72 Å². The van der Waals surface area contributed by atoms with Gasteiger partial charge in [0.15, 0.2) is 11.5 Å². The Bertz CT molecular complexity index is 986. The fourth-order valence-corrected chi connectivity index (χ4v) is 3.84. The Morgan fingerprint density at radius 2 is 2.00 bits per heavy atom. The molecule has 0 amide bonds. The van der Waals surface area contributed by atoms with Crippen molar-refractivity contribution in [2.24, 2.45) is 0 Å². The van der Waals surface area contributed by atoms with Gasteiger partial charge in [0.1, 0.15) is 5.70 Å². The zero-order valence-corrected chi connectivity index (χ0v) is 14.5. The Kier molecular flexibility index (Phi) is 3.43. The minimum atomic E-state index is -0.973. The minimum Gasteiger partial charge on any atom is -0.463 e. The van der Waals surface area contributed by atoms with Crippen LogP contribution in [0, 0.1) is 0 Å². The highest BCUT2D eigenvalue weighted by Gasteiger charge is 2.48. The average molecular weight is 361 g/mol. The molecule has 1 unspecified atom stereocenters. The van der Waals surface area contributed by atoms with E-state index < -0.39 is 5.72 Å². The fraction of sp³-hybridized carbons (Fsp3) is 0.0500. The number of rotatable bonds is 4. The van der Waals surface area contributed by atoms with Gasteiger partial charge in [0.2, 0.25) is 0 Å². The highest BCUT2D eigenvalue weighted by Crippen LogP contribution is 2.45. The number of nitrogens with zero attached hydrogens (tertiary/aromatic N) is 1. The summed E-state index contributed by atoms with van der Waals surface area (Å²) < 4.78 is 12.3. The molecule has 0 fully saturated rings. The number of H-pyrrole nitrogens is 1. The summed E-state index contributed by atoms with van der Waals surface area (Å²) >= 11 is 1.62.